The Labute approximate surface area is 152 Å². The molecule has 138 valence electrons. The highest BCUT2D eigenvalue weighted by Gasteiger charge is 2.38. The van der Waals surface area contributed by atoms with Crippen LogP contribution in [0.3, 0.4) is 0 Å². The van der Waals surface area contributed by atoms with Gasteiger partial charge in [-0.3, -0.25) is 0 Å². The molecule has 2 aromatic heterocycles. The van der Waals surface area contributed by atoms with Gasteiger partial charge in [0.25, 0.3) is 5.82 Å². The smallest absolute Gasteiger partial charge is 0.351 e. The second kappa shape index (κ2) is 6.54. The molecule has 9 heteroatoms. The summed E-state index contributed by atoms with van der Waals surface area (Å²) >= 11 is 0. The Morgan fingerprint density at radius 1 is 1.11 bits per heavy atom. The Morgan fingerprint density at radius 2 is 1.89 bits per heavy atom. The zero-order chi connectivity index (χ0) is 19.0. The van der Waals surface area contributed by atoms with Crippen molar-refractivity contribution in [2.24, 2.45) is 0 Å². The fraction of sp³-hybridized carbons (Fsp3) is 0.333. The lowest BCUT2D eigenvalue weighted by Gasteiger charge is -2.29. The van der Waals surface area contributed by atoms with E-state index in [1.54, 1.807) is 6.07 Å². The second-order valence-electron chi connectivity index (χ2n) is 6.40. The zero-order valence-corrected chi connectivity index (χ0v) is 14.1. The van der Waals surface area contributed by atoms with Crippen LogP contribution in [0, 0.1) is 11.3 Å². The third-order valence-electron chi connectivity index (χ3n) is 4.78. The molecule has 0 amide bonds. The van der Waals surface area contributed by atoms with E-state index in [1.165, 1.54) is 6.07 Å². The topological polar surface area (TPSA) is 70.1 Å². The third-order valence-corrected chi connectivity index (χ3v) is 4.78. The minimum absolute atomic E-state index is 0.0294. The molecule has 3 heterocycles. The van der Waals surface area contributed by atoms with Crippen LogP contribution in [0.15, 0.2) is 42.5 Å². The van der Waals surface area contributed by atoms with E-state index >= 15 is 0 Å². The van der Waals surface area contributed by atoms with Crippen LogP contribution in [0.2, 0.25) is 0 Å². The Bertz CT molecular complexity index is 992. The number of aromatic nitrogens is 4. The summed E-state index contributed by atoms with van der Waals surface area (Å²) in [6.07, 6.45) is -3.04. The molecule has 0 bridgehead atoms. The molecule has 1 aliphatic heterocycles. The average Bonchev–Trinajstić information content (AvgIpc) is 3.29. The summed E-state index contributed by atoms with van der Waals surface area (Å²) in [5, 5.41) is 20.6. The minimum Gasteiger partial charge on any atom is -0.351 e. The van der Waals surface area contributed by atoms with E-state index < -0.39 is 17.9 Å². The lowest BCUT2D eigenvalue weighted by Crippen LogP contribution is -2.35. The van der Waals surface area contributed by atoms with Gasteiger partial charge in [0.1, 0.15) is 5.82 Å². The molecule has 4 rings (SSSR count). The summed E-state index contributed by atoms with van der Waals surface area (Å²) < 4.78 is 40.1. The van der Waals surface area contributed by atoms with Crippen molar-refractivity contribution >= 4 is 11.5 Å². The molecule has 1 saturated heterocycles. The van der Waals surface area contributed by atoms with Gasteiger partial charge in [-0.15, -0.1) is 15.3 Å². The van der Waals surface area contributed by atoms with Gasteiger partial charge in [-0.1, -0.05) is 30.3 Å². The molecule has 6 nitrogen and oxygen atoms in total. The van der Waals surface area contributed by atoms with Crippen molar-refractivity contribution in [3.63, 3.8) is 0 Å². The molecule has 0 spiro atoms. The van der Waals surface area contributed by atoms with Crippen LogP contribution in [-0.2, 0) is 6.18 Å². The van der Waals surface area contributed by atoms with Crippen molar-refractivity contribution < 1.29 is 13.2 Å². The quantitative estimate of drug-likeness (QED) is 0.705. The first-order valence-corrected chi connectivity index (χ1v) is 8.50. The Morgan fingerprint density at radius 3 is 2.59 bits per heavy atom. The van der Waals surface area contributed by atoms with E-state index in [9.17, 15) is 18.4 Å². The Kier molecular flexibility index (Phi) is 4.18. The second-order valence-corrected chi connectivity index (χ2v) is 6.40. The van der Waals surface area contributed by atoms with Crippen molar-refractivity contribution in [2.75, 3.05) is 11.4 Å². The Hall–Kier alpha value is -3.15. The van der Waals surface area contributed by atoms with Crippen molar-refractivity contribution in [1.29, 1.82) is 5.26 Å². The monoisotopic (exact) mass is 372 g/mol. The van der Waals surface area contributed by atoms with Gasteiger partial charge >= 0.3 is 6.18 Å². The fourth-order valence-corrected chi connectivity index (χ4v) is 3.58. The number of anilines is 1. The maximum absolute atomic E-state index is 13.1. The van der Waals surface area contributed by atoms with Crippen LogP contribution in [0.4, 0.5) is 19.0 Å². The van der Waals surface area contributed by atoms with E-state index in [-0.39, 0.29) is 11.7 Å². The van der Waals surface area contributed by atoms with E-state index in [1.807, 2.05) is 35.2 Å². The molecule has 2 atom stereocenters. The number of nitriles is 1. The van der Waals surface area contributed by atoms with Crippen LogP contribution in [0.5, 0.6) is 0 Å². The molecular weight excluding hydrogens is 357 g/mol. The van der Waals surface area contributed by atoms with E-state index in [4.69, 9.17) is 0 Å². The SMILES string of the molecule is N#CC(c1ccccc1)C1CCCN1c1ccc2nnc(C(F)(F)F)n2n1. The zero-order valence-electron chi connectivity index (χ0n) is 14.1. The highest BCUT2D eigenvalue weighted by Crippen LogP contribution is 2.34. The predicted octanol–water partition coefficient (Wildman–Crippen LogP) is 3.42. The summed E-state index contributed by atoms with van der Waals surface area (Å²) in [7, 11) is 0. The first-order chi connectivity index (χ1) is 13.0. The van der Waals surface area contributed by atoms with Gasteiger partial charge in [0, 0.05) is 6.54 Å². The largest absolute Gasteiger partial charge is 0.453 e. The Balaban J connectivity index is 1.73. The number of hydrogen-bond acceptors (Lipinski definition) is 5. The number of fused-ring (bicyclic) bond motifs is 1. The molecular formula is C18H15F3N6. The van der Waals surface area contributed by atoms with Gasteiger partial charge in [0.05, 0.1) is 18.0 Å². The molecule has 0 aliphatic carbocycles. The van der Waals surface area contributed by atoms with Crippen molar-refractivity contribution in [1.82, 2.24) is 19.8 Å². The number of halogens is 3. The maximum Gasteiger partial charge on any atom is 0.453 e. The molecule has 27 heavy (non-hydrogen) atoms. The van der Waals surface area contributed by atoms with Crippen molar-refractivity contribution in [2.45, 2.75) is 31.0 Å². The predicted molar refractivity (Wildman–Crippen MR) is 90.9 cm³/mol. The third kappa shape index (κ3) is 3.07. The summed E-state index contributed by atoms with van der Waals surface area (Å²) in [6, 6.07) is 14.7. The standard InChI is InChI=1S/C18H15F3N6/c19-18(20,21)17-24-23-15-8-9-16(25-27(15)17)26-10-4-7-14(26)13(11-22)12-5-2-1-3-6-12/h1-3,5-6,8-9,13-14H,4,7,10H2. The van der Waals surface area contributed by atoms with E-state index in [2.05, 4.69) is 21.4 Å². The fourth-order valence-electron chi connectivity index (χ4n) is 3.58. The van der Waals surface area contributed by atoms with E-state index in [0.717, 1.165) is 18.4 Å². The first-order valence-electron chi connectivity index (χ1n) is 8.50. The lowest BCUT2D eigenvalue weighted by molar-refractivity contribution is -0.146. The highest BCUT2D eigenvalue weighted by molar-refractivity contribution is 5.49. The molecule has 0 saturated carbocycles. The van der Waals surface area contributed by atoms with Crippen LogP contribution in [0.25, 0.3) is 5.65 Å². The molecule has 0 radical (unpaired) electrons. The minimum atomic E-state index is -4.64. The lowest BCUT2D eigenvalue weighted by atomic mass is 9.91. The molecule has 1 fully saturated rings. The summed E-state index contributed by atoms with van der Waals surface area (Å²) in [5.41, 5.74) is 0.917. The normalized spacial score (nSPS) is 18.6. The van der Waals surface area contributed by atoms with Crippen LogP contribution < -0.4 is 4.90 Å². The summed E-state index contributed by atoms with van der Waals surface area (Å²) in [6.45, 7) is 0.623. The molecule has 0 N–H and O–H groups in total. The van der Waals surface area contributed by atoms with Crippen LogP contribution >= 0.6 is 0 Å². The van der Waals surface area contributed by atoms with Gasteiger partial charge in [-0.25, -0.2) is 0 Å². The molecule has 1 aromatic carbocycles. The van der Waals surface area contributed by atoms with Gasteiger partial charge in [0.2, 0.25) is 0 Å². The number of benzene rings is 1. The number of hydrogen-bond donors (Lipinski definition) is 0. The summed E-state index contributed by atoms with van der Waals surface area (Å²) in [4.78, 5) is 1.90. The average molecular weight is 372 g/mol. The van der Waals surface area contributed by atoms with Gasteiger partial charge in [-0.05, 0) is 30.5 Å². The van der Waals surface area contributed by atoms with Crippen molar-refractivity contribution in [3.05, 3.63) is 53.9 Å². The molecule has 3 aromatic rings. The number of nitrogens with zero attached hydrogens (tertiary/aromatic N) is 6. The molecule has 2 unspecified atom stereocenters. The van der Waals surface area contributed by atoms with Gasteiger partial charge < -0.3 is 4.90 Å². The van der Waals surface area contributed by atoms with Gasteiger partial charge in [0.15, 0.2) is 5.65 Å². The highest BCUT2D eigenvalue weighted by atomic mass is 19.4. The van der Waals surface area contributed by atoms with Crippen molar-refractivity contribution in [3.8, 4) is 6.07 Å². The van der Waals surface area contributed by atoms with E-state index in [0.29, 0.717) is 16.9 Å². The summed E-state index contributed by atoms with van der Waals surface area (Å²) in [5.74, 6) is -1.17. The number of alkyl halides is 3. The van der Waals surface area contributed by atoms with Crippen LogP contribution in [0.1, 0.15) is 30.1 Å². The van der Waals surface area contributed by atoms with Gasteiger partial charge in [-0.2, -0.15) is 22.9 Å². The maximum atomic E-state index is 13.1. The van der Waals surface area contributed by atoms with Crippen LogP contribution in [-0.4, -0.2) is 32.4 Å². The number of rotatable bonds is 3. The first kappa shape index (κ1) is 17.3. The molecule has 1 aliphatic rings.